The van der Waals surface area contributed by atoms with Crippen LogP contribution in [0.3, 0.4) is 0 Å². The summed E-state index contributed by atoms with van der Waals surface area (Å²) >= 11 is 0. The molecule has 0 aromatic heterocycles. The Labute approximate surface area is 152 Å². The number of carbonyl (C=O) groups is 3. The molecule has 0 saturated carbocycles. The van der Waals surface area contributed by atoms with Gasteiger partial charge in [-0.3, -0.25) is 25.0 Å². The number of nitrogens with one attached hydrogen (secondary N) is 3. The summed E-state index contributed by atoms with van der Waals surface area (Å²) in [4.78, 5) is 31.4. The van der Waals surface area contributed by atoms with Crippen LogP contribution in [0.5, 0.6) is 0 Å². The van der Waals surface area contributed by atoms with E-state index >= 15 is 0 Å². The quantitative estimate of drug-likeness (QED) is 0.195. The van der Waals surface area contributed by atoms with Crippen molar-refractivity contribution < 1.29 is 31.6 Å². The van der Waals surface area contributed by atoms with Gasteiger partial charge in [-0.15, -0.1) is 4.28 Å². The zero-order valence-electron chi connectivity index (χ0n) is 14.3. The van der Waals surface area contributed by atoms with Crippen molar-refractivity contribution in [3.63, 3.8) is 0 Å². The third-order valence-corrected chi connectivity index (χ3v) is 4.12. The van der Waals surface area contributed by atoms with Gasteiger partial charge in [0.25, 0.3) is 0 Å². The zero-order chi connectivity index (χ0) is 19.4. The van der Waals surface area contributed by atoms with Gasteiger partial charge in [0.1, 0.15) is 0 Å². The van der Waals surface area contributed by atoms with Gasteiger partial charge >= 0.3 is 16.4 Å². The summed E-state index contributed by atoms with van der Waals surface area (Å²) in [7, 11) is -4.60. The topological polar surface area (TPSA) is 157 Å². The number of hydroxylamine groups is 2. The Morgan fingerprint density at radius 1 is 1.12 bits per heavy atom. The van der Waals surface area contributed by atoms with Gasteiger partial charge in [0.15, 0.2) is 0 Å². The Morgan fingerprint density at radius 2 is 1.73 bits per heavy atom. The van der Waals surface area contributed by atoms with Gasteiger partial charge in [-0.2, -0.15) is 13.5 Å². The van der Waals surface area contributed by atoms with Crippen LogP contribution in [-0.2, 0) is 24.3 Å². The monoisotopic (exact) mass is 395 g/mol. The molecule has 4 N–H and O–H groups in total. The van der Waals surface area contributed by atoms with E-state index in [4.69, 9.17) is 4.55 Å². The van der Waals surface area contributed by atoms with Gasteiger partial charge in [0.2, 0.25) is 12.8 Å². The molecule has 0 radical (unpaired) electrons. The van der Waals surface area contributed by atoms with Crippen molar-refractivity contribution in [2.45, 2.75) is 38.1 Å². The molecule has 0 aliphatic carbocycles. The number of urea groups is 1. The molecule has 3 rings (SSSR count). The van der Waals surface area contributed by atoms with Crippen LogP contribution in [0.4, 0.5) is 4.79 Å². The maximum atomic E-state index is 11.4. The molecule has 26 heavy (non-hydrogen) atoms. The highest BCUT2D eigenvalue weighted by atomic mass is 32.3. The summed E-state index contributed by atoms with van der Waals surface area (Å²) in [5, 5.41) is 4.02. The van der Waals surface area contributed by atoms with Crippen LogP contribution in [0.1, 0.15) is 32.1 Å². The molecule has 12 nitrogen and oxygen atoms in total. The Balaban J connectivity index is 0.000000234. The first-order valence-corrected chi connectivity index (χ1v) is 9.59. The molecule has 3 heterocycles. The summed E-state index contributed by atoms with van der Waals surface area (Å²) < 4.78 is 33.5. The first-order chi connectivity index (χ1) is 12.4. The van der Waals surface area contributed by atoms with E-state index in [1.165, 1.54) is 37.3 Å². The Hall–Kier alpha value is -1.96. The van der Waals surface area contributed by atoms with Gasteiger partial charge < -0.3 is 10.2 Å². The predicted molar refractivity (Wildman–Crippen MR) is 89.6 cm³/mol. The molecule has 3 fully saturated rings. The van der Waals surface area contributed by atoms with Crippen LogP contribution < -0.4 is 16.2 Å². The van der Waals surface area contributed by atoms with E-state index in [0.29, 0.717) is 32.3 Å². The molecule has 0 spiro atoms. The van der Waals surface area contributed by atoms with Crippen LogP contribution >= 0.6 is 0 Å². The molecule has 1 unspecified atom stereocenters. The number of fused-ring (bicyclic) bond motifs is 2. The third kappa shape index (κ3) is 8.42. The molecule has 3 aliphatic rings. The lowest BCUT2D eigenvalue weighted by atomic mass is 10.1. The fourth-order valence-corrected chi connectivity index (χ4v) is 3.07. The zero-order valence-corrected chi connectivity index (χ0v) is 15.1. The second kappa shape index (κ2) is 11.6. The summed E-state index contributed by atoms with van der Waals surface area (Å²) in [5.41, 5.74) is 3.80. The van der Waals surface area contributed by atoms with E-state index < -0.39 is 16.4 Å². The number of rotatable bonds is 5. The molecular formula is C13H25N5O7S. The lowest BCUT2D eigenvalue weighted by molar-refractivity contribution is -0.116. The summed E-state index contributed by atoms with van der Waals surface area (Å²) in [6.07, 6.45) is 6.47. The maximum absolute atomic E-state index is 11.4. The van der Waals surface area contributed by atoms with Crippen molar-refractivity contribution in [2.24, 2.45) is 0 Å². The number of piperidine rings is 2. The van der Waals surface area contributed by atoms with Gasteiger partial charge in [-0.1, -0.05) is 6.42 Å². The van der Waals surface area contributed by atoms with Crippen molar-refractivity contribution in [1.82, 2.24) is 26.1 Å². The largest absolute Gasteiger partial charge is 0.418 e. The summed E-state index contributed by atoms with van der Waals surface area (Å²) in [5.74, 6) is 0. The normalized spacial score (nSPS) is 21.6. The van der Waals surface area contributed by atoms with Crippen molar-refractivity contribution in [3.8, 4) is 0 Å². The van der Waals surface area contributed by atoms with Gasteiger partial charge in [0, 0.05) is 13.1 Å². The second-order valence-corrected chi connectivity index (χ2v) is 6.69. The molecular weight excluding hydrogens is 370 g/mol. The van der Waals surface area contributed by atoms with E-state index in [9.17, 15) is 22.8 Å². The highest BCUT2D eigenvalue weighted by Gasteiger charge is 2.42. The van der Waals surface area contributed by atoms with Crippen molar-refractivity contribution >= 4 is 29.3 Å². The fraction of sp³-hybridized carbons (Fsp3) is 0.769. The maximum Gasteiger partial charge on any atom is 0.418 e. The number of hydrogen-bond donors (Lipinski definition) is 4. The number of amides is 4. The van der Waals surface area contributed by atoms with E-state index in [0.717, 1.165) is 11.5 Å². The van der Waals surface area contributed by atoms with E-state index in [2.05, 4.69) is 9.60 Å². The average Bonchev–Trinajstić information content (AvgIpc) is 2.84. The van der Waals surface area contributed by atoms with Crippen LogP contribution in [0.2, 0.25) is 0 Å². The van der Waals surface area contributed by atoms with E-state index in [-0.39, 0.29) is 6.04 Å². The minimum atomic E-state index is -4.60. The first-order valence-electron chi connectivity index (χ1n) is 8.23. The average molecular weight is 395 g/mol. The Bertz CT molecular complexity index is 536. The molecule has 4 amide bonds. The van der Waals surface area contributed by atoms with E-state index in [1.807, 2.05) is 10.9 Å². The molecule has 2 bridgehead atoms. The highest BCUT2D eigenvalue weighted by molar-refractivity contribution is 7.80. The Kier molecular flexibility index (Phi) is 9.87. The predicted octanol–water partition coefficient (Wildman–Crippen LogP) is -1.23. The van der Waals surface area contributed by atoms with Gasteiger partial charge in [-0.05, 0) is 38.8 Å². The van der Waals surface area contributed by atoms with Crippen LogP contribution in [0.15, 0.2) is 0 Å². The highest BCUT2D eigenvalue weighted by Crippen LogP contribution is 2.25. The molecule has 3 saturated heterocycles. The van der Waals surface area contributed by atoms with Crippen molar-refractivity contribution in [1.29, 1.82) is 0 Å². The van der Waals surface area contributed by atoms with Crippen LogP contribution in [0.25, 0.3) is 0 Å². The minimum absolute atomic E-state index is 0.266. The fourth-order valence-electron chi connectivity index (χ4n) is 2.68. The van der Waals surface area contributed by atoms with E-state index in [1.54, 1.807) is 0 Å². The standard InChI is InChI=1S/C6H10N2O5S.C5H11N.C2H4N2O2/c9-6-7-3-1-2-5(4-7)8(6)13-14(10,11)12;1-2-4-6-5-3-1;5-1-3-4-2-6/h5H,1-4H2,(H,10,11,12);6H,1-5H2;1-2H,(H,3,5)(H,4,6). The minimum Gasteiger partial charge on any atom is -0.321 e. The number of carbonyl (C=O) groups excluding carboxylic acids is 3. The summed E-state index contributed by atoms with van der Waals surface area (Å²) in [6.45, 7) is 3.58. The molecule has 13 heteroatoms. The number of hydrazine groups is 1. The smallest absolute Gasteiger partial charge is 0.321 e. The third-order valence-electron chi connectivity index (χ3n) is 3.77. The number of hydrogen-bond acceptors (Lipinski definition) is 7. The second-order valence-electron chi connectivity index (χ2n) is 5.69. The molecule has 1 atom stereocenters. The van der Waals surface area contributed by atoms with Crippen LogP contribution in [0, 0.1) is 0 Å². The molecule has 0 aromatic rings. The number of nitrogens with zero attached hydrogens (tertiary/aromatic N) is 2. The SMILES string of the molecule is C1CCNCC1.O=C1N2CCCC(C2)N1OS(=O)(=O)O.O=CNNC=O. The Morgan fingerprint density at radius 3 is 2.12 bits per heavy atom. The van der Waals surface area contributed by atoms with Crippen molar-refractivity contribution in [2.75, 3.05) is 26.2 Å². The molecule has 3 aliphatic heterocycles. The van der Waals surface area contributed by atoms with Gasteiger partial charge in [0.05, 0.1) is 6.04 Å². The van der Waals surface area contributed by atoms with Gasteiger partial charge in [-0.25, -0.2) is 4.79 Å². The van der Waals surface area contributed by atoms with Crippen LogP contribution in [-0.4, -0.2) is 74.0 Å². The first kappa shape index (κ1) is 22.1. The van der Waals surface area contributed by atoms with Crippen molar-refractivity contribution in [3.05, 3.63) is 0 Å². The molecule has 0 aromatic carbocycles. The summed E-state index contributed by atoms with van der Waals surface area (Å²) in [6, 6.07) is -0.761. The molecule has 150 valence electrons. The lowest BCUT2D eigenvalue weighted by Crippen LogP contribution is -2.35. The lowest BCUT2D eigenvalue weighted by Gasteiger charge is -2.20.